The second-order valence-electron chi connectivity index (χ2n) is 9.10. The van der Waals surface area contributed by atoms with Gasteiger partial charge in [-0.15, -0.1) is 12.4 Å². The van der Waals surface area contributed by atoms with E-state index in [0.29, 0.717) is 24.6 Å². The summed E-state index contributed by atoms with van der Waals surface area (Å²) in [5, 5.41) is 10.6. The molecule has 30 heavy (non-hydrogen) atoms. The topological polar surface area (TPSA) is 79.0 Å². The highest BCUT2D eigenvalue weighted by Gasteiger charge is 2.37. The molecule has 0 aromatic heterocycles. The number of hydrogen-bond acceptors (Lipinski definition) is 4. The van der Waals surface area contributed by atoms with E-state index < -0.39 is 0 Å². The number of rotatable bonds is 4. The summed E-state index contributed by atoms with van der Waals surface area (Å²) in [6, 6.07) is 4.48. The van der Waals surface area contributed by atoms with Crippen LogP contribution in [0.15, 0.2) is 12.1 Å². The Morgan fingerprint density at radius 3 is 2.37 bits per heavy atom. The largest absolute Gasteiger partial charge is 0.507 e. The first-order valence-electron chi connectivity index (χ1n) is 11.0. The van der Waals surface area contributed by atoms with E-state index in [1.54, 1.807) is 0 Å². The second-order valence-corrected chi connectivity index (χ2v) is 9.10. The van der Waals surface area contributed by atoms with Gasteiger partial charge in [0.15, 0.2) is 0 Å². The smallest absolute Gasteiger partial charge is 0.320 e. The fourth-order valence-electron chi connectivity index (χ4n) is 4.94. The van der Waals surface area contributed by atoms with Gasteiger partial charge < -0.3 is 25.4 Å². The zero-order chi connectivity index (χ0) is 21.3. The standard InChI is InChI=1S/C23H37N3O3.ClH/c1-14(2)26(15(3)4)23(28)25-10-8-17(9-11-25)20-12-19-18(21(13-24)29-20)7-6-16(5)22(19)27;/h6-7,14-15,17,20-21,27H,8-13,24H2,1-5H3;1H/t20-,21-;/m0./s1. The number of fused-ring (bicyclic) bond motifs is 1. The van der Waals surface area contributed by atoms with E-state index >= 15 is 0 Å². The lowest BCUT2D eigenvalue weighted by Gasteiger charge is -2.42. The third kappa shape index (κ3) is 4.87. The first kappa shape index (κ1) is 24.8. The van der Waals surface area contributed by atoms with Crippen molar-refractivity contribution in [3.63, 3.8) is 0 Å². The average molecular weight is 440 g/mol. The number of carbonyl (C=O) groups is 1. The second kappa shape index (κ2) is 10.2. The Balaban J connectivity index is 0.00000320. The molecular weight excluding hydrogens is 402 g/mol. The van der Waals surface area contributed by atoms with Crippen molar-refractivity contribution < 1.29 is 14.6 Å². The number of nitrogens with zero attached hydrogens (tertiary/aromatic N) is 2. The molecule has 1 fully saturated rings. The highest BCUT2D eigenvalue weighted by Crippen LogP contribution is 2.40. The molecule has 1 saturated heterocycles. The molecule has 2 heterocycles. The van der Waals surface area contributed by atoms with Gasteiger partial charge in [0.05, 0.1) is 12.2 Å². The van der Waals surface area contributed by atoms with Crippen molar-refractivity contribution in [1.82, 2.24) is 9.80 Å². The van der Waals surface area contributed by atoms with Crippen LogP contribution in [0.3, 0.4) is 0 Å². The van der Waals surface area contributed by atoms with Gasteiger partial charge in [-0.3, -0.25) is 0 Å². The van der Waals surface area contributed by atoms with E-state index in [9.17, 15) is 9.90 Å². The number of phenolic OH excluding ortho intramolecular Hbond substituents is 1. The van der Waals surface area contributed by atoms with Crippen LogP contribution in [0.25, 0.3) is 0 Å². The van der Waals surface area contributed by atoms with Crippen LogP contribution >= 0.6 is 12.4 Å². The predicted octanol–water partition coefficient (Wildman–Crippen LogP) is 4.01. The van der Waals surface area contributed by atoms with Gasteiger partial charge in [-0.1, -0.05) is 12.1 Å². The number of hydrogen-bond donors (Lipinski definition) is 2. The number of urea groups is 1. The number of aryl methyl sites for hydroxylation is 1. The van der Waals surface area contributed by atoms with E-state index in [2.05, 4.69) is 27.7 Å². The number of halogens is 1. The molecule has 2 aliphatic heterocycles. The number of ether oxygens (including phenoxy) is 1. The van der Waals surface area contributed by atoms with Gasteiger partial charge in [-0.05, 0) is 64.5 Å². The minimum absolute atomic E-state index is 0. The molecule has 2 atom stereocenters. The van der Waals surface area contributed by atoms with Gasteiger partial charge in [0.2, 0.25) is 0 Å². The quantitative estimate of drug-likeness (QED) is 0.742. The molecule has 2 aliphatic rings. The lowest BCUT2D eigenvalue weighted by molar-refractivity contribution is -0.0634. The summed E-state index contributed by atoms with van der Waals surface area (Å²) in [4.78, 5) is 16.9. The van der Waals surface area contributed by atoms with Gasteiger partial charge in [0.25, 0.3) is 0 Å². The maximum Gasteiger partial charge on any atom is 0.320 e. The van der Waals surface area contributed by atoms with E-state index in [1.165, 1.54) is 0 Å². The minimum Gasteiger partial charge on any atom is -0.507 e. The maximum atomic E-state index is 13.0. The zero-order valence-corrected chi connectivity index (χ0v) is 19.7. The Hall–Kier alpha value is -1.50. The normalized spacial score (nSPS) is 22.1. The van der Waals surface area contributed by atoms with Gasteiger partial charge >= 0.3 is 6.03 Å². The predicted molar refractivity (Wildman–Crippen MR) is 122 cm³/mol. The monoisotopic (exact) mass is 439 g/mol. The first-order valence-corrected chi connectivity index (χ1v) is 11.0. The molecule has 1 aromatic rings. The number of likely N-dealkylation sites (tertiary alicyclic amines) is 1. The molecule has 3 N–H and O–H groups in total. The molecule has 6 nitrogen and oxygen atoms in total. The summed E-state index contributed by atoms with van der Waals surface area (Å²) < 4.78 is 6.37. The molecule has 0 spiro atoms. The summed E-state index contributed by atoms with van der Waals surface area (Å²) in [5.41, 5.74) is 8.88. The molecular formula is C23H38ClN3O3. The van der Waals surface area contributed by atoms with E-state index in [0.717, 1.165) is 42.6 Å². The highest BCUT2D eigenvalue weighted by molar-refractivity contribution is 5.85. The van der Waals surface area contributed by atoms with Crippen molar-refractivity contribution in [3.8, 4) is 5.75 Å². The Bertz CT molecular complexity index is 725. The molecule has 0 saturated carbocycles. The summed E-state index contributed by atoms with van der Waals surface area (Å²) in [6.45, 7) is 12.1. The maximum absolute atomic E-state index is 13.0. The number of benzene rings is 1. The fraction of sp³-hybridized carbons (Fsp3) is 0.696. The molecule has 0 aliphatic carbocycles. The van der Waals surface area contributed by atoms with Crippen molar-refractivity contribution in [3.05, 3.63) is 28.8 Å². The number of phenols is 1. The van der Waals surface area contributed by atoms with Crippen LogP contribution in [0, 0.1) is 12.8 Å². The van der Waals surface area contributed by atoms with Crippen LogP contribution in [0.1, 0.15) is 63.3 Å². The van der Waals surface area contributed by atoms with Crippen molar-refractivity contribution >= 4 is 18.4 Å². The van der Waals surface area contributed by atoms with Gasteiger partial charge in [-0.2, -0.15) is 0 Å². The van der Waals surface area contributed by atoms with Gasteiger partial charge in [0, 0.05) is 43.7 Å². The molecule has 7 heteroatoms. The Morgan fingerprint density at radius 2 is 1.83 bits per heavy atom. The average Bonchev–Trinajstić information content (AvgIpc) is 2.69. The SMILES string of the molecule is Cc1ccc2c(c1O)C[C@@H](C1CCN(C(=O)N(C(C)C)C(C)C)CC1)O[C@H]2CN.Cl. The van der Waals surface area contributed by atoms with Crippen molar-refractivity contribution in [1.29, 1.82) is 0 Å². The lowest BCUT2D eigenvalue weighted by atomic mass is 9.83. The minimum atomic E-state index is -0.174. The van der Waals surface area contributed by atoms with Crippen LogP contribution in [0.5, 0.6) is 5.75 Å². The number of carbonyl (C=O) groups excluding carboxylic acids is 1. The molecule has 1 aromatic carbocycles. The number of amides is 2. The Labute approximate surface area is 187 Å². The van der Waals surface area contributed by atoms with Crippen LogP contribution < -0.4 is 5.73 Å². The third-order valence-electron chi connectivity index (χ3n) is 6.50. The van der Waals surface area contributed by atoms with E-state index in [4.69, 9.17) is 10.5 Å². The van der Waals surface area contributed by atoms with Crippen LogP contribution in [-0.4, -0.2) is 58.8 Å². The number of piperidine rings is 1. The summed E-state index contributed by atoms with van der Waals surface area (Å²) in [6.07, 6.45) is 2.40. The van der Waals surface area contributed by atoms with Crippen molar-refractivity contribution in [2.75, 3.05) is 19.6 Å². The molecule has 170 valence electrons. The molecule has 2 amide bonds. The Kier molecular flexibility index (Phi) is 8.43. The summed E-state index contributed by atoms with van der Waals surface area (Å²) in [5.74, 6) is 0.749. The van der Waals surface area contributed by atoms with Crippen LogP contribution in [-0.2, 0) is 11.2 Å². The molecule has 0 radical (unpaired) electrons. The molecule has 0 bridgehead atoms. The van der Waals surface area contributed by atoms with E-state index in [-0.39, 0.29) is 42.7 Å². The van der Waals surface area contributed by atoms with Crippen molar-refractivity contribution in [2.24, 2.45) is 11.7 Å². The van der Waals surface area contributed by atoms with Crippen molar-refractivity contribution in [2.45, 2.75) is 78.2 Å². The fourth-order valence-corrected chi connectivity index (χ4v) is 4.94. The zero-order valence-electron chi connectivity index (χ0n) is 18.9. The third-order valence-corrected chi connectivity index (χ3v) is 6.50. The van der Waals surface area contributed by atoms with Crippen LogP contribution in [0.2, 0.25) is 0 Å². The summed E-state index contributed by atoms with van der Waals surface area (Å²) in [7, 11) is 0. The molecule has 3 rings (SSSR count). The summed E-state index contributed by atoms with van der Waals surface area (Å²) >= 11 is 0. The lowest BCUT2D eigenvalue weighted by Crippen LogP contribution is -2.52. The highest BCUT2D eigenvalue weighted by atomic mass is 35.5. The number of nitrogens with two attached hydrogens (primary N) is 1. The van der Waals surface area contributed by atoms with Gasteiger partial charge in [-0.25, -0.2) is 4.79 Å². The molecule has 0 unspecified atom stereocenters. The Morgan fingerprint density at radius 1 is 1.23 bits per heavy atom. The number of aromatic hydroxyl groups is 1. The van der Waals surface area contributed by atoms with Gasteiger partial charge in [0.1, 0.15) is 5.75 Å². The van der Waals surface area contributed by atoms with E-state index in [1.807, 2.05) is 28.9 Å². The van der Waals surface area contributed by atoms with Crippen LogP contribution in [0.4, 0.5) is 4.79 Å². The first-order chi connectivity index (χ1) is 13.7.